The molecule has 0 heteroatoms. The lowest BCUT2D eigenvalue weighted by atomic mass is 9.82. The fraction of sp³-hybridized carbons (Fsp3) is 0.385. The molecule has 0 aromatic heterocycles. The molecule has 0 saturated carbocycles. The second-order valence-electron chi connectivity index (χ2n) is 4.42. The van der Waals surface area contributed by atoms with E-state index in [1.807, 2.05) is 0 Å². The molecule has 68 valence electrons. The van der Waals surface area contributed by atoms with Crippen molar-refractivity contribution in [1.29, 1.82) is 0 Å². The lowest BCUT2D eigenvalue weighted by molar-refractivity contribution is 0.639. The van der Waals surface area contributed by atoms with Gasteiger partial charge in [0.05, 0.1) is 0 Å². The second-order valence-corrected chi connectivity index (χ2v) is 4.42. The first-order valence-corrected chi connectivity index (χ1v) is 4.83. The van der Waals surface area contributed by atoms with Crippen LogP contribution < -0.4 is 0 Å². The van der Waals surface area contributed by atoms with Crippen molar-refractivity contribution < 1.29 is 0 Å². The predicted molar refractivity (Wildman–Crippen MR) is 57.7 cm³/mol. The fourth-order valence-electron chi connectivity index (χ4n) is 2.23. The molecule has 0 radical (unpaired) electrons. The largest absolute Gasteiger partial charge is 0.0619 e. The molecule has 1 aliphatic rings. The van der Waals surface area contributed by atoms with Crippen LogP contribution in [0.1, 0.15) is 38.8 Å². The summed E-state index contributed by atoms with van der Waals surface area (Å²) in [6.07, 6.45) is 0. The maximum absolute atomic E-state index is 2.30. The molecule has 0 amide bonds. The van der Waals surface area contributed by atoms with Crippen LogP contribution in [-0.2, 0) is 5.41 Å². The molecule has 1 aromatic rings. The van der Waals surface area contributed by atoms with Gasteiger partial charge < -0.3 is 0 Å². The lowest BCUT2D eigenvalue weighted by Crippen LogP contribution is -2.15. The van der Waals surface area contributed by atoms with E-state index in [0.29, 0.717) is 0 Å². The zero-order chi connectivity index (χ0) is 9.64. The average Bonchev–Trinajstić information content (AvgIpc) is 2.30. The van der Waals surface area contributed by atoms with E-state index in [1.165, 1.54) is 22.3 Å². The van der Waals surface area contributed by atoms with E-state index in [9.17, 15) is 0 Å². The van der Waals surface area contributed by atoms with Crippen molar-refractivity contribution in [2.75, 3.05) is 0 Å². The van der Waals surface area contributed by atoms with Gasteiger partial charge >= 0.3 is 0 Å². The first-order chi connectivity index (χ1) is 6.05. The molecule has 0 fully saturated rings. The molecule has 13 heavy (non-hydrogen) atoms. The van der Waals surface area contributed by atoms with Gasteiger partial charge in [0, 0.05) is 5.41 Å². The molecule has 0 heterocycles. The van der Waals surface area contributed by atoms with E-state index in [0.717, 1.165) is 0 Å². The summed E-state index contributed by atoms with van der Waals surface area (Å²) >= 11 is 0. The zero-order valence-electron chi connectivity index (χ0n) is 8.81. The van der Waals surface area contributed by atoms with E-state index in [-0.39, 0.29) is 5.41 Å². The van der Waals surface area contributed by atoms with Crippen LogP contribution in [0.5, 0.6) is 0 Å². The first-order valence-electron chi connectivity index (χ1n) is 4.83. The summed E-state index contributed by atoms with van der Waals surface area (Å²) in [7, 11) is 0. The fourth-order valence-corrected chi connectivity index (χ4v) is 2.23. The van der Waals surface area contributed by atoms with E-state index in [1.54, 1.807) is 0 Å². The number of hydrogen-bond donors (Lipinski definition) is 0. The highest BCUT2D eigenvalue weighted by Gasteiger charge is 2.32. The van der Waals surface area contributed by atoms with Gasteiger partial charge in [-0.2, -0.15) is 0 Å². The Kier molecular flexibility index (Phi) is 1.63. The van der Waals surface area contributed by atoms with Crippen LogP contribution >= 0.6 is 0 Å². The van der Waals surface area contributed by atoms with Crippen LogP contribution in [0, 0.1) is 0 Å². The minimum absolute atomic E-state index is 0.237. The van der Waals surface area contributed by atoms with Crippen molar-refractivity contribution >= 4 is 5.57 Å². The number of fused-ring (bicyclic) bond motifs is 1. The SMILES string of the molecule is CC1=C(C)C(C)(C)c2ccccc21. The number of rotatable bonds is 0. The molecule has 0 N–H and O–H groups in total. The third kappa shape index (κ3) is 0.980. The predicted octanol–water partition coefficient (Wildman–Crippen LogP) is 3.77. The third-order valence-corrected chi connectivity index (χ3v) is 3.50. The molecule has 0 spiro atoms. The van der Waals surface area contributed by atoms with Gasteiger partial charge in [-0.25, -0.2) is 0 Å². The van der Waals surface area contributed by atoms with Crippen molar-refractivity contribution in [1.82, 2.24) is 0 Å². The maximum atomic E-state index is 2.30. The smallest absolute Gasteiger partial charge is 0.0114 e. The summed E-state index contributed by atoms with van der Waals surface area (Å²) in [6.45, 7) is 9.08. The number of hydrogen-bond acceptors (Lipinski definition) is 0. The van der Waals surface area contributed by atoms with E-state index in [2.05, 4.69) is 52.0 Å². The summed E-state index contributed by atoms with van der Waals surface area (Å²) in [6, 6.07) is 8.72. The van der Waals surface area contributed by atoms with Crippen molar-refractivity contribution in [3.63, 3.8) is 0 Å². The van der Waals surface area contributed by atoms with Gasteiger partial charge in [0.1, 0.15) is 0 Å². The highest BCUT2D eigenvalue weighted by molar-refractivity contribution is 5.78. The topological polar surface area (TPSA) is 0 Å². The first kappa shape index (κ1) is 8.55. The molecular weight excluding hydrogens is 156 g/mol. The number of benzene rings is 1. The van der Waals surface area contributed by atoms with E-state index in [4.69, 9.17) is 0 Å². The molecule has 0 nitrogen and oxygen atoms in total. The number of allylic oxidation sites excluding steroid dienone is 2. The quantitative estimate of drug-likeness (QED) is 0.558. The lowest BCUT2D eigenvalue weighted by Gasteiger charge is -2.22. The standard InChI is InChI=1S/C13H16/c1-9-10(2)13(3,4)12-8-6-5-7-11(9)12/h5-8H,1-4H3. The molecule has 1 aromatic carbocycles. The summed E-state index contributed by atoms with van der Waals surface area (Å²) in [5, 5.41) is 0. The van der Waals surface area contributed by atoms with Crippen molar-refractivity contribution in [3.05, 3.63) is 41.0 Å². The Morgan fingerprint density at radius 2 is 1.62 bits per heavy atom. The minimum atomic E-state index is 0.237. The molecule has 0 atom stereocenters. The van der Waals surface area contributed by atoms with Gasteiger partial charge in [0.15, 0.2) is 0 Å². The van der Waals surface area contributed by atoms with Crippen LogP contribution in [0.25, 0.3) is 5.57 Å². The normalized spacial score (nSPS) is 19.1. The van der Waals surface area contributed by atoms with Crippen LogP contribution in [0.3, 0.4) is 0 Å². The molecule has 1 aliphatic carbocycles. The van der Waals surface area contributed by atoms with Crippen LogP contribution in [0.2, 0.25) is 0 Å². The van der Waals surface area contributed by atoms with Crippen molar-refractivity contribution in [2.24, 2.45) is 0 Å². The van der Waals surface area contributed by atoms with Crippen molar-refractivity contribution in [3.8, 4) is 0 Å². The monoisotopic (exact) mass is 172 g/mol. The molecule has 0 aliphatic heterocycles. The van der Waals surface area contributed by atoms with Gasteiger partial charge in [0.25, 0.3) is 0 Å². The van der Waals surface area contributed by atoms with Crippen LogP contribution in [0.15, 0.2) is 29.8 Å². The maximum Gasteiger partial charge on any atom is 0.0114 e. The summed E-state index contributed by atoms with van der Waals surface area (Å²) < 4.78 is 0. The average molecular weight is 172 g/mol. The van der Waals surface area contributed by atoms with Gasteiger partial charge in [-0.05, 0) is 30.5 Å². The Balaban J connectivity index is 2.74. The zero-order valence-corrected chi connectivity index (χ0v) is 8.81. The minimum Gasteiger partial charge on any atom is -0.0619 e. The van der Waals surface area contributed by atoms with Gasteiger partial charge in [-0.15, -0.1) is 0 Å². The third-order valence-electron chi connectivity index (χ3n) is 3.50. The Labute approximate surface area is 80.3 Å². The molecule has 0 saturated heterocycles. The Morgan fingerprint density at radius 1 is 1.00 bits per heavy atom. The summed E-state index contributed by atoms with van der Waals surface area (Å²) in [5.74, 6) is 0. The summed E-state index contributed by atoms with van der Waals surface area (Å²) in [4.78, 5) is 0. The van der Waals surface area contributed by atoms with Crippen LogP contribution in [0.4, 0.5) is 0 Å². The molecule has 2 rings (SSSR count). The highest BCUT2D eigenvalue weighted by Crippen LogP contribution is 2.45. The second kappa shape index (κ2) is 2.47. The Morgan fingerprint density at radius 3 is 2.23 bits per heavy atom. The Hall–Kier alpha value is -1.04. The molecular formula is C13H16. The van der Waals surface area contributed by atoms with Crippen LogP contribution in [-0.4, -0.2) is 0 Å². The summed E-state index contributed by atoms with van der Waals surface area (Å²) in [5.41, 5.74) is 6.12. The Bertz CT molecular complexity index is 381. The van der Waals surface area contributed by atoms with E-state index >= 15 is 0 Å². The van der Waals surface area contributed by atoms with E-state index < -0.39 is 0 Å². The van der Waals surface area contributed by atoms with Gasteiger partial charge in [-0.1, -0.05) is 43.7 Å². The van der Waals surface area contributed by atoms with Crippen molar-refractivity contribution in [2.45, 2.75) is 33.1 Å². The molecule has 0 unspecified atom stereocenters. The highest BCUT2D eigenvalue weighted by atomic mass is 14.4. The van der Waals surface area contributed by atoms with Gasteiger partial charge in [0.2, 0.25) is 0 Å². The van der Waals surface area contributed by atoms with Gasteiger partial charge in [-0.3, -0.25) is 0 Å². The molecule has 0 bridgehead atoms.